The number of guanidine groups is 1. The number of halogens is 1. The van der Waals surface area contributed by atoms with Crippen molar-refractivity contribution in [1.82, 2.24) is 10.6 Å². The number of unbranched alkanes of at least 4 members (excludes halogenated alkanes) is 1. The Morgan fingerprint density at radius 1 is 1.17 bits per heavy atom. The van der Waals surface area contributed by atoms with Crippen LogP contribution in [-0.2, 0) is 9.53 Å². The van der Waals surface area contributed by atoms with Gasteiger partial charge in [-0.05, 0) is 38.5 Å². The smallest absolute Gasteiger partial charge is 0.305 e. The highest BCUT2D eigenvalue weighted by Crippen LogP contribution is 2.28. The summed E-state index contributed by atoms with van der Waals surface area (Å²) in [4.78, 5) is 15.6. The Kier molecular flexibility index (Phi) is 14.7. The van der Waals surface area contributed by atoms with Crippen LogP contribution in [0.2, 0.25) is 0 Å². The summed E-state index contributed by atoms with van der Waals surface area (Å²) >= 11 is 0. The van der Waals surface area contributed by atoms with Crippen molar-refractivity contribution in [3.63, 3.8) is 0 Å². The summed E-state index contributed by atoms with van der Waals surface area (Å²) in [6.07, 6.45) is 10.5. The van der Waals surface area contributed by atoms with E-state index in [2.05, 4.69) is 27.3 Å². The Balaban J connectivity index is 0.00000484. The van der Waals surface area contributed by atoms with E-state index in [4.69, 9.17) is 0 Å². The Morgan fingerprint density at radius 2 is 1.91 bits per heavy atom. The molecule has 0 aromatic heterocycles. The highest BCUT2D eigenvalue weighted by atomic mass is 127. The normalized spacial score (nSPS) is 15.1. The van der Waals surface area contributed by atoms with E-state index in [0.29, 0.717) is 6.42 Å². The van der Waals surface area contributed by atoms with Gasteiger partial charge in [-0.1, -0.05) is 25.7 Å². The third-order valence-electron chi connectivity index (χ3n) is 4.19. The Bertz CT molecular complexity index is 332. The van der Waals surface area contributed by atoms with E-state index in [-0.39, 0.29) is 29.9 Å². The number of nitrogens with zero attached hydrogens (tertiary/aromatic N) is 1. The SMILES string of the molecule is CCNC(=NCCCC1CCCC1)NCCCCC(=O)OC.I. The van der Waals surface area contributed by atoms with Crippen molar-refractivity contribution in [3.8, 4) is 0 Å². The lowest BCUT2D eigenvalue weighted by Crippen LogP contribution is -2.37. The molecule has 0 aliphatic heterocycles. The summed E-state index contributed by atoms with van der Waals surface area (Å²) in [5.74, 6) is 1.71. The number of rotatable bonds is 10. The lowest BCUT2D eigenvalue weighted by molar-refractivity contribution is -0.140. The van der Waals surface area contributed by atoms with E-state index in [0.717, 1.165) is 44.4 Å². The maximum atomic E-state index is 11.0. The molecular weight excluding hydrogens is 405 g/mol. The van der Waals surface area contributed by atoms with Gasteiger partial charge in [0.25, 0.3) is 0 Å². The second-order valence-corrected chi connectivity index (χ2v) is 6.01. The molecule has 0 radical (unpaired) electrons. The number of aliphatic imine (C=N–C) groups is 1. The van der Waals surface area contributed by atoms with Crippen molar-refractivity contribution in [1.29, 1.82) is 0 Å². The molecule has 0 aromatic rings. The van der Waals surface area contributed by atoms with Gasteiger partial charge in [0.05, 0.1) is 7.11 Å². The lowest BCUT2D eigenvalue weighted by atomic mass is 10.0. The van der Waals surface area contributed by atoms with Crippen LogP contribution in [0.1, 0.15) is 64.7 Å². The van der Waals surface area contributed by atoms with Gasteiger partial charge in [-0.15, -0.1) is 24.0 Å². The molecule has 6 heteroatoms. The van der Waals surface area contributed by atoms with Gasteiger partial charge < -0.3 is 15.4 Å². The van der Waals surface area contributed by atoms with Gasteiger partial charge >= 0.3 is 5.97 Å². The van der Waals surface area contributed by atoms with Crippen molar-refractivity contribution in [2.75, 3.05) is 26.7 Å². The summed E-state index contributed by atoms with van der Waals surface area (Å²) < 4.78 is 4.63. The molecule has 2 N–H and O–H groups in total. The third-order valence-corrected chi connectivity index (χ3v) is 4.19. The van der Waals surface area contributed by atoms with E-state index < -0.39 is 0 Å². The highest BCUT2D eigenvalue weighted by Gasteiger charge is 2.13. The third kappa shape index (κ3) is 11.6. The zero-order valence-corrected chi connectivity index (χ0v) is 17.1. The van der Waals surface area contributed by atoms with Gasteiger partial charge in [-0.25, -0.2) is 0 Å². The first-order chi connectivity index (χ1) is 10.8. The van der Waals surface area contributed by atoms with Crippen LogP contribution in [0.3, 0.4) is 0 Å². The fourth-order valence-electron chi connectivity index (χ4n) is 2.91. The number of hydrogen-bond donors (Lipinski definition) is 2. The lowest BCUT2D eigenvalue weighted by Gasteiger charge is -2.12. The Morgan fingerprint density at radius 3 is 2.57 bits per heavy atom. The molecule has 136 valence electrons. The fraction of sp³-hybridized carbons (Fsp3) is 0.882. The summed E-state index contributed by atoms with van der Waals surface area (Å²) in [7, 11) is 1.43. The molecule has 0 heterocycles. The van der Waals surface area contributed by atoms with Crippen LogP contribution >= 0.6 is 24.0 Å². The van der Waals surface area contributed by atoms with Gasteiger partial charge in [0, 0.05) is 26.1 Å². The molecule has 0 bridgehead atoms. The van der Waals surface area contributed by atoms with Gasteiger partial charge in [0.1, 0.15) is 0 Å². The van der Waals surface area contributed by atoms with Crippen LogP contribution in [-0.4, -0.2) is 38.7 Å². The molecule has 23 heavy (non-hydrogen) atoms. The van der Waals surface area contributed by atoms with Crippen molar-refractivity contribution >= 4 is 35.9 Å². The number of methoxy groups -OCH3 is 1. The summed E-state index contributed by atoms with van der Waals surface area (Å²) in [6.45, 7) is 4.68. The number of esters is 1. The van der Waals surface area contributed by atoms with Gasteiger partial charge in [-0.3, -0.25) is 9.79 Å². The molecule has 1 saturated carbocycles. The van der Waals surface area contributed by atoms with Crippen LogP contribution in [0.4, 0.5) is 0 Å². The fourth-order valence-corrected chi connectivity index (χ4v) is 2.91. The number of carbonyl (C=O) groups excluding carboxylic acids is 1. The Labute approximate surface area is 158 Å². The second kappa shape index (κ2) is 15.0. The topological polar surface area (TPSA) is 62.7 Å². The van der Waals surface area contributed by atoms with Crippen molar-refractivity contribution in [2.45, 2.75) is 64.7 Å². The maximum absolute atomic E-state index is 11.0. The van der Waals surface area contributed by atoms with Crippen LogP contribution in [0.25, 0.3) is 0 Å². The number of nitrogens with one attached hydrogen (secondary N) is 2. The largest absolute Gasteiger partial charge is 0.469 e. The predicted octanol–water partition coefficient (Wildman–Crippen LogP) is 3.47. The molecule has 0 amide bonds. The predicted molar refractivity (Wildman–Crippen MR) is 106 cm³/mol. The molecule has 5 nitrogen and oxygen atoms in total. The van der Waals surface area contributed by atoms with Gasteiger partial charge in [-0.2, -0.15) is 0 Å². The monoisotopic (exact) mass is 439 g/mol. The standard InChI is InChI=1S/C17H33N3O2.HI/c1-3-18-17(19-13-7-6-12-16(21)22-2)20-14-8-11-15-9-4-5-10-15;/h15H,3-14H2,1-2H3,(H2,18,19,20);1H. The molecule has 0 spiro atoms. The van der Waals surface area contributed by atoms with E-state index >= 15 is 0 Å². The van der Waals surface area contributed by atoms with Crippen molar-refractivity contribution in [2.24, 2.45) is 10.9 Å². The highest BCUT2D eigenvalue weighted by molar-refractivity contribution is 14.0. The first-order valence-corrected chi connectivity index (χ1v) is 8.85. The van der Waals surface area contributed by atoms with E-state index in [1.807, 2.05) is 0 Å². The van der Waals surface area contributed by atoms with Gasteiger partial charge in [0.15, 0.2) is 5.96 Å². The maximum Gasteiger partial charge on any atom is 0.305 e. The Hall–Kier alpha value is -0.530. The van der Waals surface area contributed by atoms with E-state index in [1.54, 1.807) is 0 Å². The average molecular weight is 439 g/mol. The zero-order valence-electron chi connectivity index (χ0n) is 14.7. The molecule has 0 aromatic carbocycles. The molecule has 0 unspecified atom stereocenters. The minimum absolute atomic E-state index is 0. The quantitative estimate of drug-likeness (QED) is 0.180. The van der Waals surface area contributed by atoms with Crippen LogP contribution < -0.4 is 10.6 Å². The molecule has 1 rings (SSSR count). The number of hydrogen-bond acceptors (Lipinski definition) is 3. The van der Waals surface area contributed by atoms with Crippen LogP contribution in [0.5, 0.6) is 0 Å². The first-order valence-electron chi connectivity index (χ1n) is 8.85. The molecule has 1 fully saturated rings. The summed E-state index contributed by atoms with van der Waals surface area (Å²) in [5, 5.41) is 6.60. The zero-order chi connectivity index (χ0) is 16.0. The molecule has 1 aliphatic rings. The van der Waals surface area contributed by atoms with Crippen LogP contribution in [0.15, 0.2) is 4.99 Å². The molecular formula is C17H34IN3O2. The number of carbonyl (C=O) groups is 1. The van der Waals surface area contributed by atoms with E-state index in [1.165, 1.54) is 45.6 Å². The van der Waals surface area contributed by atoms with Gasteiger partial charge in [0.2, 0.25) is 0 Å². The minimum atomic E-state index is -0.132. The average Bonchev–Trinajstić information content (AvgIpc) is 3.04. The molecule has 0 saturated heterocycles. The van der Waals surface area contributed by atoms with E-state index in [9.17, 15) is 4.79 Å². The van der Waals surface area contributed by atoms with Crippen molar-refractivity contribution < 1.29 is 9.53 Å². The minimum Gasteiger partial charge on any atom is -0.469 e. The number of ether oxygens (including phenoxy) is 1. The first kappa shape index (κ1) is 22.5. The van der Waals surface area contributed by atoms with Crippen LogP contribution in [0, 0.1) is 5.92 Å². The molecule has 1 aliphatic carbocycles. The molecule has 0 atom stereocenters. The van der Waals surface area contributed by atoms with Crippen molar-refractivity contribution in [3.05, 3.63) is 0 Å². The summed E-state index contributed by atoms with van der Waals surface area (Å²) in [5.41, 5.74) is 0. The summed E-state index contributed by atoms with van der Waals surface area (Å²) in [6, 6.07) is 0. The second-order valence-electron chi connectivity index (χ2n) is 6.01.